The van der Waals surface area contributed by atoms with Gasteiger partial charge >= 0.3 is 0 Å². The predicted octanol–water partition coefficient (Wildman–Crippen LogP) is 3.71. The maximum Gasteiger partial charge on any atom is 0.193 e. The summed E-state index contributed by atoms with van der Waals surface area (Å²) in [4.78, 5) is 12.2. The van der Waals surface area contributed by atoms with Crippen molar-refractivity contribution in [3.05, 3.63) is 59.9 Å². The Kier molecular flexibility index (Phi) is 6.60. The summed E-state index contributed by atoms with van der Waals surface area (Å²) in [5, 5.41) is 3.13. The molecule has 1 heterocycles. The maximum atomic E-state index is 5.94. The number of hydrogen-bond acceptors (Lipinski definition) is 2. The zero-order valence-corrected chi connectivity index (χ0v) is 16.0. The number of nitrogens with zero attached hydrogens (tertiary/aromatic N) is 2. The van der Waals surface area contributed by atoms with E-state index in [9.17, 15) is 0 Å². The molecule has 0 aliphatic heterocycles. The number of imidazole rings is 1. The maximum absolute atomic E-state index is 5.94. The third-order valence-electron chi connectivity index (χ3n) is 3.68. The molecular weight excluding hydrogens is 413 g/mol. The lowest BCUT2D eigenvalue weighted by Gasteiger charge is -2.06. The molecule has 3 aromatic rings. The summed E-state index contributed by atoms with van der Waals surface area (Å²) >= 11 is 0. The summed E-state index contributed by atoms with van der Waals surface area (Å²) in [5.41, 5.74) is 10.2. The summed E-state index contributed by atoms with van der Waals surface area (Å²) < 4.78 is 0. The number of hydrogen-bond donors (Lipinski definition) is 3. The first-order valence-electron chi connectivity index (χ1n) is 7.84. The molecular formula is C18H22IN5. The van der Waals surface area contributed by atoms with Crippen LogP contribution in [0.4, 0.5) is 5.69 Å². The molecule has 0 bridgehead atoms. The Balaban J connectivity index is 0.00000208. The second-order valence-corrected chi connectivity index (χ2v) is 5.40. The van der Waals surface area contributed by atoms with Crippen LogP contribution < -0.4 is 11.1 Å². The Labute approximate surface area is 158 Å². The summed E-state index contributed by atoms with van der Waals surface area (Å²) in [6.45, 7) is 2.72. The standard InChI is InChI=1S/C18H21N5.HI/c1-2-13-6-5-7-14(12-13)21-18(19)20-11-10-17-22-15-8-3-4-9-16(15)23-17;/h3-9,12H,2,10-11H2,1H3,(H,22,23)(H3,19,20,21);1H. The molecule has 5 nitrogen and oxygen atoms in total. The number of anilines is 1. The highest BCUT2D eigenvalue weighted by Gasteiger charge is 2.01. The van der Waals surface area contributed by atoms with Gasteiger partial charge in [0.2, 0.25) is 0 Å². The van der Waals surface area contributed by atoms with Gasteiger partial charge in [0.25, 0.3) is 0 Å². The number of benzene rings is 2. The molecule has 2 aromatic carbocycles. The van der Waals surface area contributed by atoms with Crippen LogP contribution in [0.1, 0.15) is 18.3 Å². The molecule has 0 amide bonds. The molecule has 0 atom stereocenters. The van der Waals surface area contributed by atoms with Crippen LogP contribution in [0.3, 0.4) is 0 Å². The van der Waals surface area contributed by atoms with Crippen molar-refractivity contribution in [3.8, 4) is 0 Å². The molecule has 0 radical (unpaired) electrons. The molecule has 0 fully saturated rings. The van der Waals surface area contributed by atoms with Gasteiger partial charge in [0, 0.05) is 18.7 Å². The Morgan fingerprint density at radius 2 is 2.04 bits per heavy atom. The smallest absolute Gasteiger partial charge is 0.193 e. The van der Waals surface area contributed by atoms with E-state index in [0.29, 0.717) is 12.5 Å². The van der Waals surface area contributed by atoms with E-state index in [1.54, 1.807) is 0 Å². The third kappa shape index (κ3) is 4.70. The highest BCUT2D eigenvalue weighted by molar-refractivity contribution is 14.0. The number of aliphatic imine (C=N–C) groups is 1. The van der Waals surface area contributed by atoms with E-state index in [1.165, 1.54) is 5.56 Å². The fourth-order valence-corrected chi connectivity index (χ4v) is 2.46. The number of guanidine groups is 1. The van der Waals surface area contributed by atoms with Crippen molar-refractivity contribution >= 4 is 46.7 Å². The number of nitrogens with two attached hydrogens (primary N) is 1. The lowest BCUT2D eigenvalue weighted by atomic mass is 10.1. The number of aryl methyl sites for hydroxylation is 1. The Hall–Kier alpha value is -2.09. The van der Waals surface area contributed by atoms with Crippen molar-refractivity contribution in [1.82, 2.24) is 9.97 Å². The molecule has 4 N–H and O–H groups in total. The van der Waals surface area contributed by atoms with E-state index in [1.807, 2.05) is 36.4 Å². The normalized spacial score (nSPS) is 11.3. The second-order valence-electron chi connectivity index (χ2n) is 5.40. The van der Waals surface area contributed by atoms with E-state index >= 15 is 0 Å². The average Bonchev–Trinajstić information content (AvgIpc) is 2.97. The zero-order valence-electron chi connectivity index (χ0n) is 13.6. The number of nitrogens with one attached hydrogen (secondary N) is 2. The lowest BCUT2D eigenvalue weighted by Crippen LogP contribution is -2.23. The van der Waals surface area contributed by atoms with Gasteiger partial charge in [0.15, 0.2) is 5.96 Å². The summed E-state index contributed by atoms with van der Waals surface area (Å²) in [6.07, 6.45) is 1.73. The van der Waals surface area contributed by atoms with E-state index in [4.69, 9.17) is 5.73 Å². The van der Waals surface area contributed by atoms with Crippen LogP contribution in [0, 0.1) is 0 Å². The topological polar surface area (TPSA) is 79.1 Å². The molecule has 1 aromatic heterocycles. The molecule has 126 valence electrons. The van der Waals surface area contributed by atoms with E-state index in [2.05, 4.69) is 39.3 Å². The number of rotatable bonds is 5. The zero-order chi connectivity index (χ0) is 16.1. The minimum atomic E-state index is 0. The van der Waals surface area contributed by atoms with Gasteiger partial charge in [-0.25, -0.2) is 4.98 Å². The lowest BCUT2D eigenvalue weighted by molar-refractivity contribution is 0.898. The fraction of sp³-hybridized carbons (Fsp3) is 0.222. The first kappa shape index (κ1) is 18.3. The van der Waals surface area contributed by atoms with Crippen molar-refractivity contribution in [3.63, 3.8) is 0 Å². The second kappa shape index (κ2) is 8.68. The minimum Gasteiger partial charge on any atom is -0.370 e. The number of aromatic amines is 1. The molecule has 0 spiro atoms. The van der Waals surface area contributed by atoms with Crippen LogP contribution in [0.25, 0.3) is 11.0 Å². The van der Waals surface area contributed by atoms with Crippen LogP contribution in [0.15, 0.2) is 53.5 Å². The summed E-state index contributed by atoms with van der Waals surface area (Å²) in [5.74, 6) is 1.35. The van der Waals surface area contributed by atoms with Gasteiger partial charge in [-0.3, -0.25) is 4.99 Å². The van der Waals surface area contributed by atoms with E-state index in [0.717, 1.165) is 35.4 Å². The monoisotopic (exact) mass is 435 g/mol. The molecule has 0 saturated heterocycles. The van der Waals surface area contributed by atoms with Crippen LogP contribution in [0.2, 0.25) is 0 Å². The van der Waals surface area contributed by atoms with Crippen LogP contribution in [-0.2, 0) is 12.8 Å². The number of halogens is 1. The fourth-order valence-electron chi connectivity index (χ4n) is 2.46. The molecule has 0 aliphatic rings. The first-order chi connectivity index (χ1) is 11.2. The van der Waals surface area contributed by atoms with E-state index < -0.39 is 0 Å². The van der Waals surface area contributed by atoms with Crippen LogP contribution in [-0.4, -0.2) is 22.5 Å². The van der Waals surface area contributed by atoms with Gasteiger partial charge in [-0.1, -0.05) is 31.2 Å². The van der Waals surface area contributed by atoms with Gasteiger partial charge in [-0.15, -0.1) is 24.0 Å². The molecule has 0 unspecified atom stereocenters. The van der Waals surface area contributed by atoms with Crippen molar-refractivity contribution < 1.29 is 0 Å². The summed E-state index contributed by atoms with van der Waals surface area (Å²) in [7, 11) is 0. The Morgan fingerprint density at radius 3 is 2.83 bits per heavy atom. The van der Waals surface area contributed by atoms with Gasteiger partial charge in [0.1, 0.15) is 5.82 Å². The number of fused-ring (bicyclic) bond motifs is 1. The quantitative estimate of drug-likeness (QED) is 0.325. The minimum absolute atomic E-state index is 0. The number of para-hydroxylation sites is 2. The third-order valence-corrected chi connectivity index (χ3v) is 3.68. The molecule has 0 saturated carbocycles. The van der Waals surface area contributed by atoms with Crippen molar-refractivity contribution in [1.29, 1.82) is 0 Å². The van der Waals surface area contributed by atoms with E-state index in [-0.39, 0.29) is 24.0 Å². The van der Waals surface area contributed by atoms with Crippen LogP contribution >= 0.6 is 24.0 Å². The highest BCUT2D eigenvalue weighted by atomic mass is 127. The van der Waals surface area contributed by atoms with Gasteiger partial charge in [0.05, 0.1) is 11.0 Å². The summed E-state index contributed by atoms with van der Waals surface area (Å²) in [6, 6.07) is 16.2. The van der Waals surface area contributed by atoms with Gasteiger partial charge in [-0.2, -0.15) is 0 Å². The highest BCUT2D eigenvalue weighted by Crippen LogP contribution is 2.11. The number of H-pyrrole nitrogens is 1. The average molecular weight is 435 g/mol. The number of aromatic nitrogens is 2. The van der Waals surface area contributed by atoms with Gasteiger partial charge in [-0.05, 0) is 36.2 Å². The SMILES string of the molecule is CCc1cccc(NC(N)=NCCc2nc3ccccc3[nH]2)c1.I. The molecule has 6 heteroatoms. The van der Waals surface area contributed by atoms with Crippen molar-refractivity contribution in [2.45, 2.75) is 19.8 Å². The largest absolute Gasteiger partial charge is 0.370 e. The molecule has 3 rings (SSSR count). The van der Waals surface area contributed by atoms with Gasteiger partial charge < -0.3 is 16.0 Å². The van der Waals surface area contributed by atoms with Crippen molar-refractivity contribution in [2.75, 3.05) is 11.9 Å². The Bertz CT molecular complexity index is 792. The predicted molar refractivity (Wildman–Crippen MR) is 111 cm³/mol. The Morgan fingerprint density at radius 1 is 1.21 bits per heavy atom. The van der Waals surface area contributed by atoms with Crippen molar-refractivity contribution in [2.24, 2.45) is 10.7 Å². The first-order valence-corrected chi connectivity index (χ1v) is 7.84. The van der Waals surface area contributed by atoms with Crippen LogP contribution in [0.5, 0.6) is 0 Å². The molecule has 0 aliphatic carbocycles. The molecule has 24 heavy (non-hydrogen) atoms.